The minimum absolute atomic E-state index is 0.0890. The molecule has 1 aromatic rings. The number of ether oxygens (including phenoxy) is 1. The summed E-state index contributed by atoms with van der Waals surface area (Å²) in [4.78, 5) is 12.3. The summed E-state index contributed by atoms with van der Waals surface area (Å²) in [6.07, 6.45) is 0.540. The minimum Gasteiger partial charge on any atom is -0.373 e. The van der Waals surface area contributed by atoms with Crippen molar-refractivity contribution in [3.63, 3.8) is 0 Å². The molecule has 1 saturated heterocycles. The largest absolute Gasteiger partial charge is 0.373 e. The molecule has 1 aliphatic heterocycles. The molecule has 144 valence electrons. The van der Waals surface area contributed by atoms with E-state index in [9.17, 15) is 13.2 Å². The molecule has 1 amide bonds. The number of benzene rings is 1. The van der Waals surface area contributed by atoms with Crippen LogP contribution in [-0.4, -0.2) is 56.2 Å². The Hall–Kier alpha value is -1.15. The van der Waals surface area contributed by atoms with E-state index >= 15 is 0 Å². The first kappa shape index (κ1) is 19.6. The van der Waals surface area contributed by atoms with Gasteiger partial charge in [0.1, 0.15) is 0 Å². The number of carbonyl (C=O) groups excluding carboxylic acids is 1. The topological polar surface area (TPSA) is 75.7 Å². The minimum atomic E-state index is -3.40. The molecule has 3 rings (SSSR count). The summed E-state index contributed by atoms with van der Waals surface area (Å²) in [5.74, 6) is -0.105. The lowest BCUT2D eigenvalue weighted by molar-refractivity contribution is -0.122. The van der Waals surface area contributed by atoms with Crippen LogP contribution in [0.2, 0.25) is 5.02 Å². The highest BCUT2D eigenvalue weighted by molar-refractivity contribution is 7.89. The van der Waals surface area contributed by atoms with Gasteiger partial charge in [0.2, 0.25) is 15.9 Å². The third-order valence-electron chi connectivity index (χ3n) is 4.84. The molecule has 1 heterocycles. The molecular formula is C18H25ClN2O4S. The monoisotopic (exact) mass is 400 g/mol. The van der Waals surface area contributed by atoms with Gasteiger partial charge < -0.3 is 10.1 Å². The summed E-state index contributed by atoms with van der Waals surface area (Å²) >= 11 is 5.99. The Morgan fingerprint density at radius 1 is 1.31 bits per heavy atom. The molecule has 6 nitrogen and oxygen atoms in total. The molecule has 0 aromatic heterocycles. The maximum Gasteiger partial charge on any atom is 0.223 e. The van der Waals surface area contributed by atoms with Crippen molar-refractivity contribution < 1.29 is 17.9 Å². The van der Waals surface area contributed by atoms with E-state index in [1.165, 1.54) is 4.31 Å². The van der Waals surface area contributed by atoms with Gasteiger partial charge in [-0.05, 0) is 43.9 Å². The number of hydrogen-bond donors (Lipinski definition) is 1. The van der Waals surface area contributed by atoms with E-state index in [4.69, 9.17) is 16.3 Å². The SMILES string of the molecule is CC1CN(S(=O)(=O)CCNC(=O)C2CC2c2cccc(Cl)c2)CC(C)O1. The fraction of sp³-hybridized carbons (Fsp3) is 0.611. The third-order valence-corrected chi connectivity index (χ3v) is 6.88. The number of nitrogens with zero attached hydrogens (tertiary/aromatic N) is 1. The lowest BCUT2D eigenvalue weighted by Crippen LogP contribution is -2.49. The fourth-order valence-electron chi connectivity index (χ4n) is 3.51. The first-order chi connectivity index (χ1) is 12.3. The van der Waals surface area contributed by atoms with Crippen molar-refractivity contribution in [1.82, 2.24) is 9.62 Å². The summed E-state index contributed by atoms with van der Waals surface area (Å²) in [7, 11) is -3.40. The van der Waals surface area contributed by atoms with Gasteiger partial charge in [-0.1, -0.05) is 23.7 Å². The molecule has 0 bridgehead atoms. The number of halogens is 1. The standard InChI is InChI=1S/C18H25ClN2O4S/c1-12-10-21(11-13(2)25-12)26(23,24)7-6-20-18(22)17-9-16(17)14-4-3-5-15(19)8-14/h3-5,8,12-13,16-17H,6-7,9-11H2,1-2H3,(H,20,22). The van der Waals surface area contributed by atoms with Crippen molar-refractivity contribution >= 4 is 27.5 Å². The third kappa shape index (κ3) is 4.76. The van der Waals surface area contributed by atoms with Crippen LogP contribution in [-0.2, 0) is 19.6 Å². The second-order valence-corrected chi connectivity index (χ2v) is 9.71. The second kappa shape index (κ2) is 7.84. The summed E-state index contributed by atoms with van der Waals surface area (Å²) in [6.45, 7) is 4.58. The zero-order valence-electron chi connectivity index (χ0n) is 15.0. The average molecular weight is 401 g/mol. The fourth-order valence-corrected chi connectivity index (χ4v) is 5.20. The van der Waals surface area contributed by atoms with Crippen LogP contribution in [0.5, 0.6) is 0 Å². The number of amides is 1. The Morgan fingerprint density at radius 2 is 2.00 bits per heavy atom. The summed E-state index contributed by atoms with van der Waals surface area (Å²) < 4.78 is 32.0. The van der Waals surface area contributed by atoms with E-state index in [0.29, 0.717) is 18.1 Å². The van der Waals surface area contributed by atoms with Gasteiger partial charge in [-0.2, -0.15) is 4.31 Å². The van der Waals surface area contributed by atoms with Crippen molar-refractivity contribution in [2.45, 2.75) is 38.4 Å². The predicted molar refractivity (Wildman–Crippen MR) is 101 cm³/mol. The van der Waals surface area contributed by atoms with E-state index in [0.717, 1.165) is 12.0 Å². The van der Waals surface area contributed by atoms with Gasteiger partial charge in [0, 0.05) is 30.6 Å². The van der Waals surface area contributed by atoms with Gasteiger partial charge in [-0.25, -0.2) is 8.42 Å². The Labute approximate surface area is 159 Å². The van der Waals surface area contributed by atoms with Crippen molar-refractivity contribution in [3.05, 3.63) is 34.9 Å². The quantitative estimate of drug-likeness (QED) is 0.792. The van der Waals surface area contributed by atoms with Crippen molar-refractivity contribution in [3.8, 4) is 0 Å². The number of carbonyl (C=O) groups is 1. The number of sulfonamides is 1. The molecular weight excluding hydrogens is 376 g/mol. The maximum atomic E-state index is 12.5. The van der Waals surface area contributed by atoms with Crippen LogP contribution in [0.15, 0.2) is 24.3 Å². The highest BCUT2D eigenvalue weighted by atomic mass is 35.5. The van der Waals surface area contributed by atoms with Crippen LogP contribution >= 0.6 is 11.6 Å². The molecule has 1 aliphatic carbocycles. The lowest BCUT2D eigenvalue weighted by atomic mass is 10.1. The molecule has 4 atom stereocenters. The Balaban J connectivity index is 1.47. The molecule has 26 heavy (non-hydrogen) atoms. The Bertz CT molecular complexity index is 760. The van der Waals surface area contributed by atoms with E-state index in [2.05, 4.69) is 5.32 Å². The van der Waals surface area contributed by atoms with Crippen LogP contribution in [0.4, 0.5) is 0 Å². The van der Waals surface area contributed by atoms with Crippen LogP contribution in [0.3, 0.4) is 0 Å². The molecule has 2 fully saturated rings. The molecule has 1 saturated carbocycles. The van der Waals surface area contributed by atoms with Gasteiger partial charge in [-0.15, -0.1) is 0 Å². The van der Waals surface area contributed by atoms with Gasteiger partial charge in [0.05, 0.1) is 18.0 Å². The molecule has 1 N–H and O–H groups in total. The summed E-state index contributed by atoms with van der Waals surface area (Å²) in [6, 6.07) is 7.53. The van der Waals surface area contributed by atoms with Crippen LogP contribution in [0.25, 0.3) is 0 Å². The number of hydrogen-bond acceptors (Lipinski definition) is 4. The molecule has 8 heteroatoms. The number of rotatable bonds is 6. The first-order valence-corrected chi connectivity index (χ1v) is 10.9. The van der Waals surface area contributed by atoms with Crippen molar-refractivity contribution in [2.75, 3.05) is 25.4 Å². The van der Waals surface area contributed by atoms with Crippen LogP contribution in [0.1, 0.15) is 31.7 Å². The maximum absolute atomic E-state index is 12.5. The van der Waals surface area contributed by atoms with Gasteiger partial charge >= 0.3 is 0 Å². The van der Waals surface area contributed by atoms with Crippen LogP contribution in [0, 0.1) is 5.92 Å². The lowest BCUT2D eigenvalue weighted by Gasteiger charge is -2.34. The normalized spacial score (nSPS) is 29.3. The van der Waals surface area contributed by atoms with Gasteiger partial charge in [-0.3, -0.25) is 4.79 Å². The molecule has 0 spiro atoms. The molecule has 1 aromatic carbocycles. The molecule has 4 unspecified atom stereocenters. The first-order valence-electron chi connectivity index (χ1n) is 8.92. The van der Waals surface area contributed by atoms with Gasteiger partial charge in [0.25, 0.3) is 0 Å². The van der Waals surface area contributed by atoms with Crippen molar-refractivity contribution in [2.24, 2.45) is 5.92 Å². The zero-order valence-corrected chi connectivity index (χ0v) is 16.6. The highest BCUT2D eigenvalue weighted by Gasteiger charge is 2.44. The van der Waals surface area contributed by atoms with Crippen molar-refractivity contribution in [1.29, 1.82) is 0 Å². The summed E-state index contributed by atoms with van der Waals surface area (Å²) in [5, 5.41) is 3.43. The van der Waals surface area contributed by atoms with Gasteiger partial charge in [0.15, 0.2) is 0 Å². The van der Waals surface area contributed by atoms with E-state index in [-0.39, 0.29) is 42.2 Å². The highest BCUT2D eigenvalue weighted by Crippen LogP contribution is 2.47. The molecule has 2 aliphatic rings. The average Bonchev–Trinajstić information content (AvgIpc) is 3.34. The zero-order chi connectivity index (χ0) is 18.9. The summed E-state index contributed by atoms with van der Waals surface area (Å²) in [5.41, 5.74) is 1.06. The molecule has 0 radical (unpaired) electrons. The Morgan fingerprint density at radius 3 is 2.65 bits per heavy atom. The Kier molecular flexibility index (Phi) is 5.91. The van der Waals surface area contributed by atoms with E-state index in [1.54, 1.807) is 6.07 Å². The number of morpholine rings is 1. The smallest absolute Gasteiger partial charge is 0.223 e. The van der Waals surface area contributed by atoms with E-state index < -0.39 is 10.0 Å². The second-order valence-electron chi connectivity index (χ2n) is 7.19. The predicted octanol–water partition coefficient (Wildman–Crippen LogP) is 2.00. The van der Waals surface area contributed by atoms with E-state index in [1.807, 2.05) is 32.0 Å². The number of nitrogens with one attached hydrogen (secondary N) is 1. The van der Waals surface area contributed by atoms with Crippen LogP contribution < -0.4 is 5.32 Å².